The van der Waals surface area contributed by atoms with Crippen LogP contribution in [0.2, 0.25) is 0 Å². The van der Waals surface area contributed by atoms with Gasteiger partial charge in [0.15, 0.2) is 0 Å². The summed E-state index contributed by atoms with van der Waals surface area (Å²) < 4.78 is 5.71. The molecule has 1 aromatic rings. The van der Waals surface area contributed by atoms with E-state index in [4.69, 9.17) is 4.74 Å². The number of amides is 1. The molecular weight excluding hydrogens is 252 g/mol. The maximum Gasteiger partial charge on any atom is 0.253 e. The Morgan fingerprint density at radius 1 is 1.30 bits per heavy atom. The third-order valence-electron chi connectivity index (χ3n) is 3.41. The maximum absolute atomic E-state index is 12.5. The molecule has 20 heavy (non-hydrogen) atoms. The van der Waals surface area contributed by atoms with E-state index in [0.29, 0.717) is 0 Å². The molecule has 0 unspecified atom stereocenters. The third-order valence-corrected chi connectivity index (χ3v) is 3.41. The van der Waals surface area contributed by atoms with Gasteiger partial charge in [0, 0.05) is 25.2 Å². The minimum Gasteiger partial charge on any atom is -0.491 e. The second kappa shape index (κ2) is 6.75. The molecule has 4 nitrogen and oxygen atoms in total. The lowest BCUT2D eigenvalue weighted by atomic mass is 10.1. The summed E-state index contributed by atoms with van der Waals surface area (Å²) in [7, 11) is 0. The van der Waals surface area contributed by atoms with Gasteiger partial charge in [-0.05, 0) is 57.5 Å². The van der Waals surface area contributed by atoms with Gasteiger partial charge in [0.2, 0.25) is 0 Å². The molecule has 0 aliphatic carbocycles. The van der Waals surface area contributed by atoms with Crippen LogP contribution < -0.4 is 10.1 Å². The fraction of sp³-hybridized carbons (Fsp3) is 0.562. The number of benzene rings is 1. The third kappa shape index (κ3) is 3.73. The lowest BCUT2D eigenvalue weighted by molar-refractivity contribution is 0.0766. The maximum atomic E-state index is 12.5. The van der Waals surface area contributed by atoms with Gasteiger partial charge in [0.25, 0.3) is 5.91 Å². The first-order chi connectivity index (χ1) is 9.58. The molecule has 110 valence electrons. The standard InChI is InChI=1S/C16H24N2O2/c1-12(2)20-15-6-5-14(11-13(15)3)16(19)18-9-4-7-17-8-10-18/h5-6,11-12,17H,4,7-10H2,1-3H3. The van der Waals surface area contributed by atoms with Crippen molar-refractivity contribution in [1.82, 2.24) is 10.2 Å². The van der Waals surface area contributed by atoms with Gasteiger partial charge < -0.3 is 15.0 Å². The number of hydrogen-bond donors (Lipinski definition) is 1. The van der Waals surface area contributed by atoms with E-state index >= 15 is 0 Å². The molecule has 0 radical (unpaired) electrons. The minimum absolute atomic E-state index is 0.118. The highest BCUT2D eigenvalue weighted by Gasteiger charge is 2.17. The van der Waals surface area contributed by atoms with Crippen LogP contribution in [0.3, 0.4) is 0 Å². The summed E-state index contributed by atoms with van der Waals surface area (Å²) in [6.07, 6.45) is 1.16. The largest absolute Gasteiger partial charge is 0.491 e. The second-order valence-electron chi connectivity index (χ2n) is 5.54. The first kappa shape index (κ1) is 14.9. The Morgan fingerprint density at radius 3 is 2.80 bits per heavy atom. The van der Waals surface area contributed by atoms with Gasteiger partial charge in [-0.1, -0.05) is 0 Å². The fourth-order valence-corrected chi connectivity index (χ4v) is 2.40. The summed E-state index contributed by atoms with van der Waals surface area (Å²) in [6.45, 7) is 9.46. The Labute approximate surface area is 121 Å². The highest BCUT2D eigenvalue weighted by atomic mass is 16.5. The lowest BCUT2D eigenvalue weighted by Crippen LogP contribution is -2.34. The van der Waals surface area contributed by atoms with Crippen LogP contribution in [-0.2, 0) is 0 Å². The Balaban J connectivity index is 2.11. The number of nitrogens with one attached hydrogen (secondary N) is 1. The summed E-state index contributed by atoms with van der Waals surface area (Å²) in [5.74, 6) is 0.974. The second-order valence-corrected chi connectivity index (χ2v) is 5.54. The van der Waals surface area contributed by atoms with Crippen molar-refractivity contribution >= 4 is 5.91 Å². The molecule has 1 saturated heterocycles. The first-order valence-electron chi connectivity index (χ1n) is 7.35. The first-order valence-corrected chi connectivity index (χ1v) is 7.35. The highest BCUT2D eigenvalue weighted by molar-refractivity contribution is 5.94. The van der Waals surface area contributed by atoms with Crippen molar-refractivity contribution in [1.29, 1.82) is 0 Å². The molecule has 1 fully saturated rings. The summed E-state index contributed by atoms with van der Waals surface area (Å²) in [6, 6.07) is 5.70. The molecule has 1 aromatic carbocycles. The van der Waals surface area contributed by atoms with Crippen molar-refractivity contribution in [3.63, 3.8) is 0 Å². The zero-order chi connectivity index (χ0) is 14.5. The van der Waals surface area contributed by atoms with Crippen LogP contribution >= 0.6 is 0 Å². The van der Waals surface area contributed by atoms with Crippen molar-refractivity contribution in [2.45, 2.75) is 33.3 Å². The fourth-order valence-electron chi connectivity index (χ4n) is 2.40. The molecular formula is C16H24N2O2. The Morgan fingerprint density at radius 2 is 2.10 bits per heavy atom. The molecule has 2 rings (SSSR count). The molecule has 1 heterocycles. The SMILES string of the molecule is Cc1cc(C(=O)N2CCCNCC2)ccc1OC(C)C. The zero-order valence-electron chi connectivity index (χ0n) is 12.6. The van der Waals surface area contributed by atoms with Crippen LogP contribution in [0.4, 0.5) is 0 Å². The van der Waals surface area contributed by atoms with Gasteiger partial charge in [-0.3, -0.25) is 4.79 Å². The van der Waals surface area contributed by atoms with Gasteiger partial charge in [-0.2, -0.15) is 0 Å². The van der Waals surface area contributed by atoms with Crippen LogP contribution in [-0.4, -0.2) is 43.1 Å². The molecule has 1 aliphatic rings. The average Bonchev–Trinajstić information content (AvgIpc) is 2.68. The number of carbonyl (C=O) groups is 1. The van der Waals surface area contributed by atoms with Crippen molar-refractivity contribution in [2.24, 2.45) is 0 Å². The number of carbonyl (C=O) groups excluding carboxylic acids is 1. The summed E-state index contributed by atoms with van der Waals surface area (Å²) in [4.78, 5) is 14.4. The number of nitrogens with zero attached hydrogens (tertiary/aromatic N) is 1. The van der Waals surface area contributed by atoms with Gasteiger partial charge in [0.05, 0.1) is 6.10 Å². The van der Waals surface area contributed by atoms with E-state index in [2.05, 4.69) is 5.32 Å². The van der Waals surface area contributed by atoms with Crippen molar-refractivity contribution in [2.75, 3.05) is 26.2 Å². The summed E-state index contributed by atoms with van der Waals surface area (Å²) in [5, 5.41) is 3.31. The molecule has 1 aliphatic heterocycles. The number of hydrogen-bond acceptors (Lipinski definition) is 3. The van der Waals surface area contributed by atoms with Crippen LogP contribution in [0.15, 0.2) is 18.2 Å². The number of aryl methyl sites for hydroxylation is 1. The van der Waals surface area contributed by atoms with Crippen molar-refractivity contribution in [3.05, 3.63) is 29.3 Å². The smallest absolute Gasteiger partial charge is 0.253 e. The lowest BCUT2D eigenvalue weighted by Gasteiger charge is -2.21. The van der Waals surface area contributed by atoms with Crippen LogP contribution in [0.5, 0.6) is 5.75 Å². The number of rotatable bonds is 3. The molecule has 0 atom stereocenters. The van der Waals surface area contributed by atoms with Crippen LogP contribution in [0.25, 0.3) is 0 Å². The Bertz CT molecular complexity index is 464. The van der Waals surface area contributed by atoms with Crippen LogP contribution in [0.1, 0.15) is 36.2 Å². The van der Waals surface area contributed by atoms with Crippen LogP contribution in [0, 0.1) is 6.92 Å². The van der Waals surface area contributed by atoms with Gasteiger partial charge >= 0.3 is 0 Å². The zero-order valence-corrected chi connectivity index (χ0v) is 12.6. The van der Waals surface area contributed by atoms with E-state index < -0.39 is 0 Å². The molecule has 4 heteroatoms. The molecule has 0 aromatic heterocycles. The van der Waals surface area contributed by atoms with E-state index in [9.17, 15) is 4.79 Å². The average molecular weight is 276 g/mol. The van der Waals surface area contributed by atoms with Crippen molar-refractivity contribution in [3.8, 4) is 5.75 Å². The summed E-state index contributed by atoms with van der Waals surface area (Å²) in [5.41, 5.74) is 1.76. The normalized spacial score (nSPS) is 16.1. The number of ether oxygens (including phenoxy) is 1. The predicted molar refractivity (Wildman–Crippen MR) is 80.3 cm³/mol. The van der Waals surface area contributed by atoms with Gasteiger partial charge in [0.1, 0.15) is 5.75 Å². The summed E-state index contributed by atoms with van der Waals surface area (Å²) >= 11 is 0. The highest BCUT2D eigenvalue weighted by Crippen LogP contribution is 2.21. The molecule has 1 amide bonds. The molecule has 0 bridgehead atoms. The van der Waals surface area contributed by atoms with E-state index in [1.54, 1.807) is 0 Å². The van der Waals surface area contributed by atoms with E-state index in [-0.39, 0.29) is 12.0 Å². The van der Waals surface area contributed by atoms with Gasteiger partial charge in [-0.25, -0.2) is 0 Å². The topological polar surface area (TPSA) is 41.6 Å². The Kier molecular flexibility index (Phi) is 5.01. The van der Waals surface area contributed by atoms with Crippen molar-refractivity contribution < 1.29 is 9.53 Å². The quantitative estimate of drug-likeness (QED) is 0.920. The van der Waals surface area contributed by atoms with E-state index in [1.807, 2.05) is 43.9 Å². The Hall–Kier alpha value is -1.55. The minimum atomic E-state index is 0.118. The monoisotopic (exact) mass is 276 g/mol. The van der Waals surface area contributed by atoms with Gasteiger partial charge in [-0.15, -0.1) is 0 Å². The van der Waals surface area contributed by atoms with E-state index in [0.717, 1.165) is 49.5 Å². The van der Waals surface area contributed by atoms with E-state index in [1.165, 1.54) is 0 Å². The molecule has 0 saturated carbocycles. The predicted octanol–water partition coefficient (Wildman–Crippen LogP) is 2.22. The molecule has 1 N–H and O–H groups in total. The molecule has 0 spiro atoms.